The molecule has 0 aliphatic rings. The normalized spacial score (nSPS) is 11.6. The van der Waals surface area contributed by atoms with Gasteiger partial charge in [-0.3, -0.25) is 5.10 Å². The van der Waals surface area contributed by atoms with E-state index in [-0.39, 0.29) is 5.03 Å². The molecule has 0 aliphatic carbocycles. The Bertz CT molecular complexity index is 605. The first-order valence-corrected chi connectivity index (χ1v) is 6.91. The highest BCUT2D eigenvalue weighted by Crippen LogP contribution is 2.28. The van der Waals surface area contributed by atoms with Gasteiger partial charge in [0.2, 0.25) is 0 Å². The molecule has 4 nitrogen and oxygen atoms in total. The molecule has 84 valence electrons. The number of nitrogens with one attached hydrogen (secondary N) is 1. The Labute approximate surface area is 102 Å². The minimum Gasteiger partial charge on any atom is -0.266 e. The Morgan fingerprint density at radius 2 is 1.81 bits per heavy atom. The van der Waals surface area contributed by atoms with Gasteiger partial charge < -0.3 is 0 Å². The summed E-state index contributed by atoms with van der Waals surface area (Å²) in [7, 11) is 1.43. The number of aromatic nitrogens is 2. The lowest BCUT2D eigenvalue weighted by Gasteiger charge is -2.00. The second kappa shape index (κ2) is 4.08. The SMILES string of the molecule is O=S(=O)(Cl)c1[nH]ncc1-c1ccc(Cl)cc1. The van der Waals surface area contributed by atoms with Gasteiger partial charge in [0, 0.05) is 21.3 Å². The third-order valence-corrected chi connectivity index (χ3v) is 3.52. The van der Waals surface area contributed by atoms with Crippen LogP contribution in [-0.2, 0) is 9.05 Å². The van der Waals surface area contributed by atoms with Crippen molar-refractivity contribution < 1.29 is 8.42 Å². The molecule has 0 saturated carbocycles. The van der Waals surface area contributed by atoms with E-state index in [1.54, 1.807) is 24.3 Å². The van der Waals surface area contributed by atoms with E-state index < -0.39 is 9.05 Å². The molecule has 1 heterocycles. The Morgan fingerprint density at radius 3 is 2.38 bits per heavy atom. The Kier molecular flexibility index (Phi) is 2.92. The van der Waals surface area contributed by atoms with Crippen molar-refractivity contribution >= 4 is 31.3 Å². The van der Waals surface area contributed by atoms with Crippen LogP contribution < -0.4 is 0 Å². The third-order valence-electron chi connectivity index (χ3n) is 2.00. The first-order valence-electron chi connectivity index (χ1n) is 4.22. The van der Waals surface area contributed by atoms with E-state index in [0.717, 1.165) is 0 Å². The lowest BCUT2D eigenvalue weighted by atomic mass is 10.1. The summed E-state index contributed by atoms with van der Waals surface area (Å²) in [4.78, 5) is 0. The molecule has 16 heavy (non-hydrogen) atoms. The smallest absolute Gasteiger partial charge is 0.266 e. The van der Waals surface area contributed by atoms with Crippen LogP contribution in [0.25, 0.3) is 11.1 Å². The van der Waals surface area contributed by atoms with E-state index in [4.69, 9.17) is 22.3 Å². The van der Waals surface area contributed by atoms with Crippen LogP contribution in [-0.4, -0.2) is 18.6 Å². The number of halogens is 2. The molecule has 0 atom stereocenters. The molecule has 2 aromatic rings. The molecule has 0 amide bonds. The number of nitrogens with zero attached hydrogens (tertiary/aromatic N) is 1. The fourth-order valence-electron chi connectivity index (χ4n) is 1.30. The highest BCUT2D eigenvalue weighted by atomic mass is 35.7. The summed E-state index contributed by atoms with van der Waals surface area (Å²) in [6, 6.07) is 6.71. The van der Waals surface area contributed by atoms with Crippen molar-refractivity contribution in [2.45, 2.75) is 5.03 Å². The van der Waals surface area contributed by atoms with Gasteiger partial charge in [0.25, 0.3) is 9.05 Å². The largest absolute Gasteiger partial charge is 0.278 e. The maximum atomic E-state index is 11.2. The van der Waals surface area contributed by atoms with Crippen LogP contribution in [0.4, 0.5) is 0 Å². The number of H-pyrrole nitrogens is 1. The van der Waals surface area contributed by atoms with Gasteiger partial charge in [0.05, 0.1) is 6.20 Å². The molecule has 2 rings (SSSR count). The number of rotatable bonds is 2. The average Bonchev–Trinajstić information content (AvgIpc) is 2.66. The lowest BCUT2D eigenvalue weighted by molar-refractivity contribution is 0.606. The second-order valence-electron chi connectivity index (χ2n) is 3.06. The number of hydrogen-bond donors (Lipinski definition) is 1. The van der Waals surface area contributed by atoms with E-state index in [0.29, 0.717) is 16.1 Å². The first kappa shape index (κ1) is 11.4. The van der Waals surface area contributed by atoms with Crippen LogP contribution in [0.3, 0.4) is 0 Å². The Balaban J connectivity index is 2.58. The van der Waals surface area contributed by atoms with Crippen LogP contribution in [0.15, 0.2) is 35.5 Å². The van der Waals surface area contributed by atoms with Gasteiger partial charge >= 0.3 is 0 Å². The van der Waals surface area contributed by atoms with Crippen molar-refractivity contribution in [2.24, 2.45) is 0 Å². The van der Waals surface area contributed by atoms with Crippen molar-refractivity contribution in [3.8, 4) is 11.1 Å². The van der Waals surface area contributed by atoms with E-state index >= 15 is 0 Å². The summed E-state index contributed by atoms with van der Waals surface area (Å²) >= 11 is 5.74. The topological polar surface area (TPSA) is 62.8 Å². The Morgan fingerprint density at radius 1 is 1.19 bits per heavy atom. The van der Waals surface area contributed by atoms with Gasteiger partial charge in [-0.05, 0) is 17.7 Å². The molecular formula is C9H6Cl2N2O2S. The molecule has 0 spiro atoms. The maximum absolute atomic E-state index is 11.2. The zero-order chi connectivity index (χ0) is 11.8. The zero-order valence-electron chi connectivity index (χ0n) is 7.81. The highest BCUT2D eigenvalue weighted by molar-refractivity contribution is 8.13. The van der Waals surface area contributed by atoms with Gasteiger partial charge in [-0.15, -0.1) is 0 Å². The third kappa shape index (κ3) is 2.21. The molecule has 0 aliphatic heterocycles. The van der Waals surface area contributed by atoms with Crippen LogP contribution in [0.1, 0.15) is 0 Å². The van der Waals surface area contributed by atoms with Gasteiger partial charge in [-0.2, -0.15) is 5.10 Å². The minimum atomic E-state index is -3.83. The monoisotopic (exact) mass is 276 g/mol. The van der Waals surface area contributed by atoms with Gasteiger partial charge in [0.15, 0.2) is 5.03 Å². The van der Waals surface area contributed by atoms with E-state index in [2.05, 4.69) is 10.2 Å². The van der Waals surface area contributed by atoms with Gasteiger partial charge in [-0.1, -0.05) is 23.7 Å². The fraction of sp³-hybridized carbons (Fsp3) is 0. The summed E-state index contributed by atoms with van der Waals surface area (Å²) in [6.45, 7) is 0. The summed E-state index contributed by atoms with van der Waals surface area (Å²) in [6.07, 6.45) is 1.40. The highest BCUT2D eigenvalue weighted by Gasteiger charge is 2.18. The van der Waals surface area contributed by atoms with E-state index in [9.17, 15) is 8.42 Å². The predicted molar refractivity (Wildman–Crippen MR) is 62.1 cm³/mol. The fourth-order valence-corrected chi connectivity index (χ4v) is 2.37. The molecule has 0 unspecified atom stereocenters. The molecule has 1 aromatic heterocycles. The van der Waals surface area contributed by atoms with Crippen molar-refractivity contribution in [2.75, 3.05) is 0 Å². The van der Waals surface area contributed by atoms with Gasteiger partial charge in [-0.25, -0.2) is 8.42 Å². The molecule has 0 bridgehead atoms. The molecule has 0 saturated heterocycles. The quantitative estimate of drug-likeness (QED) is 0.858. The number of aromatic amines is 1. The minimum absolute atomic E-state index is 0.114. The maximum Gasteiger partial charge on any atom is 0.278 e. The summed E-state index contributed by atoms with van der Waals surface area (Å²) in [5.41, 5.74) is 1.10. The molecule has 1 aromatic carbocycles. The molecular weight excluding hydrogens is 271 g/mol. The summed E-state index contributed by atoms with van der Waals surface area (Å²) < 4.78 is 22.4. The first-order chi connectivity index (χ1) is 7.48. The Hall–Kier alpha value is -1.04. The van der Waals surface area contributed by atoms with E-state index in [1.807, 2.05) is 0 Å². The molecule has 0 fully saturated rings. The molecule has 1 N–H and O–H groups in total. The van der Waals surface area contributed by atoms with Crippen molar-refractivity contribution in [1.29, 1.82) is 0 Å². The van der Waals surface area contributed by atoms with Gasteiger partial charge in [0.1, 0.15) is 0 Å². The summed E-state index contributed by atoms with van der Waals surface area (Å²) in [5.74, 6) is 0. The zero-order valence-corrected chi connectivity index (χ0v) is 10.1. The van der Waals surface area contributed by atoms with Crippen LogP contribution in [0.5, 0.6) is 0 Å². The van der Waals surface area contributed by atoms with Crippen molar-refractivity contribution in [3.63, 3.8) is 0 Å². The molecule has 0 radical (unpaired) electrons. The average molecular weight is 277 g/mol. The number of hydrogen-bond acceptors (Lipinski definition) is 3. The molecule has 7 heteroatoms. The predicted octanol–water partition coefficient (Wildman–Crippen LogP) is 2.66. The van der Waals surface area contributed by atoms with Crippen LogP contribution in [0.2, 0.25) is 5.02 Å². The van der Waals surface area contributed by atoms with Crippen molar-refractivity contribution in [3.05, 3.63) is 35.5 Å². The van der Waals surface area contributed by atoms with Crippen LogP contribution in [0, 0.1) is 0 Å². The lowest BCUT2D eigenvalue weighted by Crippen LogP contribution is -1.93. The summed E-state index contributed by atoms with van der Waals surface area (Å²) in [5, 5.41) is 6.48. The van der Waals surface area contributed by atoms with Crippen LogP contribution >= 0.6 is 22.3 Å². The van der Waals surface area contributed by atoms with Crippen molar-refractivity contribution in [1.82, 2.24) is 10.2 Å². The standard InChI is InChI=1S/C9H6Cl2N2O2S/c10-7-3-1-6(2-4-7)8-5-12-13-9(8)16(11,14)15/h1-5H,(H,12,13). The second-order valence-corrected chi connectivity index (χ2v) is 6.00. The number of benzene rings is 1. The van der Waals surface area contributed by atoms with E-state index in [1.165, 1.54) is 6.20 Å².